The summed E-state index contributed by atoms with van der Waals surface area (Å²) in [6.45, 7) is 11.4. The van der Waals surface area contributed by atoms with E-state index in [1.54, 1.807) is 0 Å². The SMILES string of the molecule is CC(C)COC1CCN(C(=O)CC(C)C2CCCNC2)CC1. The van der Waals surface area contributed by atoms with Crippen LogP contribution in [0.1, 0.15) is 52.9 Å². The van der Waals surface area contributed by atoms with Crippen LogP contribution in [0, 0.1) is 17.8 Å². The highest BCUT2D eigenvalue weighted by Gasteiger charge is 2.27. The molecule has 1 amide bonds. The van der Waals surface area contributed by atoms with Crippen molar-refractivity contribution in [1.29, 1.82) is 0 Å². The molecule has 0 spiro atoms. The van der Waals surface area contributed by atoms with Crippen molar-refractivity contribution in [3.8, 4) is 0 Å². The molecule has 0 aromatic rings. The van der Waals surface area contributed by atoms with E-state index in [4.69, 9.17) is 4.74 Å². The smallest absolute Gasteiger partial charge is 0.222 e. The highest BCUT2D eigenvalue weighted by atomic mass is 16.5. The Hall–Kier alpha value is -0.610. The topological polar surface area (TPSA) is 41.6 Å². The van der Waals surface area contributed by atoms with Crippen LogP contribution in [-0.4, -0.2) is 49.7 Å². The van der Waals surface area contributed by atoms with E-state index in [1.165, 1.54) is 12.8 Å². The molecule has 2 aliphatic heterocycles. The number of carbonyl (C=O) groups excluding carboxylic acids is 1. The lowest BCUT2D eigenvalue weighted by Crippen LogP contribution is -2.42. The highest BCUT2D eigenvalue weighted by Crippen LogP contribution is 2.24. The predicted molar refractivity (Wildman–Crippen MR) is 89.8 cm³/mol. The normalized spacial score (nSPS) is 25.5. The molecule has 2 rings (SSSR count). The summed E-state index contributed by atoms with van der Waals surface area (Å²) in [5, 5.41) is 3.46. The molecular weight excluding hydrogens is 276 g/mol. The molecule has 0 bridgehead atoms. The molecule has 22 heavy (non-hydrogen) atoms. The number of piperidine rings is 2. The quantitative estimate of drug-likeness (QED) is 0.820. The molecule has 0 saturated carbocycles. The number of amides is 1. The number of carbonyl (C=O) groups is 1. The molecule has 128 valence electrons. The zero-order valence-electron chi connectivity index (χ0n) is 14.6. The fraction of sp³-hybridized carbons (Fsp3) is 0.944. The Labute approximate surface area is 136 Å². The van der Waals surface area contributed by atoms with Crippen LogP contribution in [0.25, 0.3) is 0 Å². The van der Waals surface area contributed by atoms with Crippen molar-refractivity contribution >= 4 is 5.91 Å². The minimum Gasteiger partial charge on any atom is -0.378 e. The molecule has 0 radical (unpaired) electrons. The van der Waals surface area contributed by atoms with E-state index in [0.29, 0.717) is 36.2 Å². The Kier molecular flexibility index (Phi) is 7.16. The number of likely N-dealkylation sites (tertiary alicyclic amines) is 1. The molecule has 4 nitrogen and oxygen atoms in total. The molecule has 2 saturated heterocycles. The van der Waals surface area contributed by atoms with Crippen LogP contribution in [0.4, 0.5) is 0 Å². The summed E-state index contributed by atoms with van der Waals surface area (Å²) in [6.07, 6.45) is 5.58. The summed E-state index contributed by atoms with van der Waals surface area (Å²) in [5.41, 5.74) is 0. The van der Waals surface area contributed by atoms with Gasteiger partial charge in [0.15, 0.2) is 0 Å². The van der Waals surface area contributed by atoms with E-state index in [9.17, 15) is 4.79 Å². The minimum atomic E-state index is 0.348. The van der Waals surface area contributed by atoms with Gasteiger partial charge in [0.2, 0.25) is 5.91 Å². The second kappa shape index (κ2) is 8.88. The van der Waals surface area contributed by atoms with Crippen molar-refractivity contribution in [3.63, 3.8) is 0 Å². The monoisotopic (exact) mass is 310 g/mol. The van der Waals surface area contributed by atoms with Crippen molar-refractivity contribution in [2.45, 2.75) is 59.0 Å². The van der Waals surface area contributed by atoms with E-state index < -0.39 is 0 Å². The Morgan fingerprint density at radius 3 is 2.55 bits per heavy atom. The van der Waals surface area contributed by atoms with E-state index in [-0.39, 0.29) is 0 Å². The summed E-state index contributed by atoms with van der Waals surface area (Å²) in [7, 11) is 0. The van der Waals surface area contributed by atoms with Crippen molar-refractivity contribution in [2.75, 3.05) is 32.8 Å². The molecule has 0 aromatic carbocycles. The molecule has 0 aliphatic carbocycles. The maximum atomic E-state index is 12.5. The van der Waals surface area contributed by atoms with Crippen LogP contribution in [0.5, 0.6) is 0 Å². The third-order valence-corrected chi connectivity index (χ3v) is 5.10. The Bertz CT molecular complexity index is 332. The van der Waals surface area contributed by atoms with Crippen molar-refractivity contribution < 1.29 is 9.53 Å². The van der Waals surface area contributed by atoms with E-state index in [0.717, 1.165) is 45.6 Å². The van der Waals surface area contributed by atoms with Gasteiger partial charge in [0, 0.05) is 26.1 Å². The molecular formula is C18H34N2O2. The first-order chi connectivity index (χ1) is 10.6. The van der Waals surface area contributed by atoms with Crippen molar-refractivity contribution in [1.82, 2.24) is 10.2 Å². The predicted octanol–water partition coefficient (Wildman–Crippen LogP) is 2.68. The standard InChI is InChI=1S/C18H34N2O2/c1-14(2)13-22-17-6-9-20(10-7-17)18(21)11-15(3)16-5-4-8-19-12-16/h14-17,19H,4-13H2,1-3H3. The van der Waals surface area contributed by atoms with Gasteiger partial charge >= 0.3 is 0 Å². The average Bonchev–Trinajstić information content (AvgIpc) is 2.54. The highest BCUT2D eigenvalue weighted by molar-refractivity contribution is 5.76. The van der Waals surface area contributed by atoms with Gasteiger partial charge in [0.25, 0.3) is 0 Å². The summed E-state index contributed by atoms with van der Waals surface area (Å²) in [4.78, 5) is 14.5. The first-order valence-electron chi connectivity index (χ1n) is 9.16. The zero-order chi connectivity index (χ0) is 15.9. The third-order valence-electron chi connectivity index (χ3n) is 5.10. The molecule has 4 heteroatoms. The first kappa shape index (κ1) is 17.7. The van der Waals surface area contributed by atoms with Crippen LogP contribution in [0.2, 0.25) is 0 Å². The second-order valence-electron chi connectivity index (χ2n) is 7.60. The van der Waals surface area contributed by atoms with Gasteiger partial charge in [-0.25, -0.2) is 0 Å². The van der Waals surface area contributed by atoms with Gasteiger partial charge < -0.3 is 15.0 Å². The number of nitrogens with one attached hydrogen (secondary N) is 1. The molecule has 0 aromatic heterocycles. The largest absolute Gasteiger partial charge is 0.378 e. The number of nitrogens with zero attached hydrogens (tertiary/aromatic N) is 1. The number of ether oxygens (including phenoxy) is 1. The molecule has 2 atom stereocenters. The van der Waals surface area contributed by atoms with Gasteiger partial charge in [-0.2, -0.15) is 0 Å². The second-order valence-corrected chi connectivity index (χ2v) is 7.60. The lowest BCUT2D eigenvalue weighted by atomic mass is 9.85. The maximum absolute atomic E-state index is 12.5. The average molecular weight is 310 g/mol. The lowest BCUT2D eigenvalue weighted by molar-refractivity contribution is -0.135. The van der Waals surface area contributed by atoms with Crippen molar-refractivity contribution in [2.24, 2.45) is 17.8 Å². The van der Waals surface area contributed by atoms with Gasteiger partial charge in [-0.05, 0) is 56.5 Å². The van der Waals surface area contributed by atoms with Crippen LogP contribution < -0.4 is 5.32 Å². The van der Waals surface area contributed by atoms with Crippen LogP contribution in [0.15, 0.2) is 0 Å². The lowest BCUT2D eigenvalue weighted by Gasteiger charge is -2.34. The molecule has 2 heterocycles. The van der Waals surface area contributed by atoms with E-state index in [1.807, 2.05) is 0 Å². The molecule has 2 fully saturated rings. The third kappa shape index (κ3) is 5.54. The first-order valence-corrected chi connectivity index (χ1v) is 9.16. The van der Waals surface area contributed by atoms with Crippen LogP contribution >= 0.6 is 0 Å². The number of hydrogen-bond donors (Lipinski definition) is 1. The van der Waals surface area contributed by atoms with Gasteiger partial charge in [0.05, 0.1) is 6.10 Å². The molecule has 2 aliphatic rings. The van der Waals surface area contributed by atoms with Gasteiger partial charge in [0.1, 0.15) is 0 Å². The Balaban J connectivity index is 1.68. The minimum absolute atomic E-state index is 0.348. The van der Waals surface area contributed by atoms with Crippen LogP contribution in [-0.2, 0) is 9.53 Å². The van der Waals surface area contributed by atoms with Gasteiger partial charge in [-0.3, -0.25) is 4.79 Å². The summed E-state index contributed by atoms with van der Waals surface area (Å²) < 4.78 is 5.90. The Morgan fingerprint density at radius 2 is 1.95 bits per heavy atom. The summed E-state index contributed by atoms with van der Waals surface area (Å²) in [6, 6.07) is 0. The fourth-order valence-electron chi connectivity index (χ4n) is 3.54. The van der Waals surface area contributed by atoms with Gasteiger partial charge in [-0.15, -0.1) is 0 Å². The molecule has 2 unspecified atom stereocenters. The number of rotatable bonds is 6. The summed E-state index contributed by atoms with van der Waals surface area (Å²) >= 11 is 0. The van der Waals surface area contributed by atoms with Gasteiger partial charge in [-0.1, -0.05) is 20.8 Å². The van der Waals surface area contributed by atoms with Crippen LogP contribution in [0.3, 0.4) is 0 Å². The van der Waals surface area contributed by atoms with E-state index in [2.05, 4.69) is 31.0 Å². The zero-order valence-corrected chi connectivity index (χ0v) is 14.6. The fourth-order valence-corrected chi connectivity index (χ4v) is 3.54. The Morgan fingerprint density at radius 1 is 1.23 bits per heavy atom. The van der Waals surface area contributed by atoms with Crippen molar-refractivity contribution in [3.05, 3.63) is 0 Å². The number of hydrogen-bond acceptors (Lipinski definition) is 3. The van der Waals surface area contributed by atoms with E-state index >= 15 is 0 Å². The summed E-state index contributed by atoms with van der Waals surface area (Å²) in [5.74, 6) is 2.10. The maximum Gasteiger partial charge on any atom is 0.222 e. The molecule has 1 N–H and O–H groups in total.